The van der Waals surface area contributed by atoms with Crippen LogP contribution >= 0.6 is 12.8 Å². The van der Waals surface area contributed by atoms with Gasteiger partial charge in [0.15, 0.2) is 0 Å². The van der Waals surface area contributed by atoms with Gasteiger partial charge >= 0.3 is 6.05 Å². The van der Waals surface area contributed by atoms with E-state index in [2.05, 4.69) is 12.8 Å². The van der Waals surface area contributed by atoms with Crippen molar-refractivity contribution in [1.82, 2.24) is 9.42 Å². The van der Waals surface area contributed by atoms with Crippen molar-refractivity contribution in [3.05, 3.63) is 0 Å². The average Bonchev–Trinajstić information content (AvgIpc) is 1.97. The van der Waals surface area contributed by atoms with E-state index in [0.717, 1.165) is 0 Å². The molecule has 1 rings (SSSR count). The highest BCUT2D eigenvalue weighted by molar-refractivity contribution is 7.77. The summed E-state index contributed by atoms with van der Waals surface area (Å²) in [5, 5.41) is 1.38. The van der Waals surface area contributed by atoms with E-state index in [4.69, 9.17) is 0 Å². The zero-order chi connectivity index (χ0) is 7.07. The normalized spacial score (nSPS) is 29.3. The third-order valence-corrected chi connectivity index (χ3v) is 1.95. The molecule has 0 unspecified atom stereocenters. The fourth-order valence-electron chi connectivity index (χ4n) is 0.741. The fourth-order valence-corrected chi connectivity index (χ4v) is 0.930. The molecule has 0 amide bonds. The Balaban J connectivity index is 2.62. The maximum Gasteiger partial charge on any atom is 0.327 e. The minimum atomic E-state index is -2.75. The number of halogens is 2. The van der Waals surface area contributed by atoms with Crippen LogP contribution in [0.3, 0.4) is 0 Å². The van der Waals surface area contributed by atoms with Crippen LogP contribution in [0.1, 0.15) is 6.42 Å². The number of alkyl halides is 2. The van der Waals surface area contributed by atoms with Crippen LogP contribution in [0.15, 0.2) is 0 Å². The van der Waals surface area contributed by atoms with Gasteiger partial charge in [0.05, 0.1) is 0 Å². The highest BCUT2D eigenvalue weighted by Crippen LogP contribution is 2.32. The van der Waals surface area contributed by atoms with Crippen molar-refractivity contribution in [1.29, 1.82) is 0 Å². The second kappa shape index (κ2) is 2.07. The third kappa shape index (κ3) is 1.17. The molecule has 0 atom stereocenters. The van der Waals surface area contributed by atoms with Gasteiger partial charge in [0, 0.05) is 20.0 Å². The van der Waals surface area contributed by atoms with E-state index < -0.39 is 6.05 Å². The third-order valence-electron chi connectivity index (χ3n) is 1.35. The lowest BCUT2D eigenvalue weighted by Crippen LogP contribution is -2.34. The van der Waals surface area contributed by atoms with Gasteiger partial charge in [-0.3, -0.25) is 0 Å². The summed E-state index contributed by atoms with van der Waals surface area (Å²) in [6, 6.07) is -2.75. The molecule has 0 radical (unpaired) electrons. The minimum Gasteiger partial charge on any atom is -0.230 e. The Morgan fingerprint density at radius 3 is 2.22 bits per heavy atom. The molecular formula is C4H8F2N2S. The number of thiol groups is 1. The molecule has 2 nitrogen and oxygen atoms in total. The highest BCUT2D eigenvalue weighted by atomic mass is 32.1. The maximum absolute atomic E-state index is 12.4. The molecule has 0 aromatic rings. The molecule has 0 aromatic heterocycles. The number of hydrogen-bond donors (Lipinski definition) is 1. The lowest BCUT2D eigenvalue weighted by atomic mass is 10.4. The Labute approximate surface area is 57.9 Å². The predicted molar refractivity (Wildman–Crippen MR) is 33.0 cm³/mol. The van der Waals surface area contributed by atoms with Gasteiger partial charge in [-0.15, -0.1) is 4.41 Å². The topological polar surface area (TPSA) is 6.48 Å². The lowest BCUT2D eigenvalue weighted by Gasteiger charge is -2.21. The standard InChI is InChI=1S/C4H8F2N2S/c1-7-3-2-4(5,6)8(7)9/h9H,2-3H2,1H3. The highest BCUT2D eigenvalue weighted by Gasteiger charge is 2.43. The van der Waals surface area contributed by atoms with E-state index in [-0.39, 0.29) is 6.42 Å². The molecule has 1 heterocycles. The van der Waals surface area contributed by atoms with Crippen molar-refractivity contribution in [3.8, 4) is 0 Å². The van der Waals surface area contributed by atoms with Crippen LogP contribution in [-0.2, 0) is 0 Å². The van der Waals surface area contributed by atoms with Gasteiger partial charge in [-0.1, -0.05) is 12.8 Å². The van der Waals surface area contributed by atoms with Crippen LogP contribution in [0.25, 0.3) is 0 Å². The van der Waals surface area contributed by atoms with Crippen LogP contribution in [0, 0.1) is 0 Å². The summed E-state index contributed by atoms with van der Waals surface area (Å²) in [6.45, 7) is 0.372. The summed E-state index contributed by atoms with van der Waals surface area (Å²) in [6.07, 6.45) is -0.132. The first-order chi connectivity index (χ1) is 4.04. The maximum atomic E-state index is 12.4. The fraction of sp³-hybridized carbons (Fsp3) is 1.00. The molecule has 9 heavy (non-hydrogen) atoms. The predicted octanol–water partition coefficient (Wildman–Crippen LogP) is 0.976. The molecule has 1 aliphatic rings. The average molecular weight is 154 g/mol. The molecule has 0 aromatic carbocycles. The monoisotopic (exact) mass is 154 g/mol. The Bertz CT molecular complexity index is 119. The van der Waals surface area contributed by atoms with Crippen molar-refractivity contribution >= 4 is 12.8 Å². The van der Waals surface area contributed by atoms with Gasteiger partial charge in [-0.2, -0.15) is 8.78 Å². The Hall–Kier alpha value is 0.130. The van der Waals surface area contributed by atoms with E-state index >= 15 is 0 Å². The van der Waals surface area contributed by atoms with Crippen LogP contribution in [0.4, 0.5) is 8.78 Å². The number of hydrazine groups is 1. The summed E-state index contributed by atoms with van der Waals surface area (Å²) >= 11 is 3.58. The first kappa shape index (κ1) is 7.24. The summed E-state index contributed by atoms with van der Waals surface area (Å²) in [5.74, 6) is 0. The van der Waals surface area contributed by atoms with Crippen LogP contribution in [0.5, 0.6) is 0 Å². The molecular weight excluding hydrogens is 146 g/mol. The van der Waals surface area contributed by atoms with Crippen molar-refractivity contribution in [2.75, 3.05) is 13.6 Å². The van der Waals surface area contributed by atoms with Gasteiger partial charge in [-0.05, 0) is 0 Å². The van der Waals surface area contributed by atoms with Crippen molar-refractivity contribution in [2.45, 2.75) is 12.5 Å². The van der Waals surface area contributed by atoms with Crippen LogP contribution < -0.4 is 0 Å². The lowest BCUT2D eigenvalue weighted by molar-refractivity contribution is -0.118. The summed E-state index contributed by atoms with van der Waals surface area (Å²) in [7, 11) is 1.58. The van der Waals surface area contributed by atoms with Gasteiger partial charge in [0.25, 0.3) is 0 Å². The zero-order valence-corrected chi connectivity index (χ0v) is 5.91. The molecule has 0 aliphatic carbocycles. The van der Waals surface area contributed by atoms with Gasteiger partial charge in [0.1, 0.15) is 0 Å². The molecule has 1 aliphatic heterocycles. The quantitative estimate of drug-likeness (QED) is 0.410. The second-order valence-electron chi connectivity index (χ2n) is 2.09. The second-order valence-corrected chi connectivity index (χ2v) is 2.47. The van der Waals surface area contributed by atoms with Crippen LogP contribution in [-0.4, -0.2) is 29.1 Å². The molecule has 5 heteroatoms. The zero-order valence-electron chi connectivity index (χ0n) is 5.01. The summed E-state index contributed by atoms with van der Waals surface area (Å²) < 4.78 is 25.5. The minimum absolute atomic E-state index is 0.132. The van der Waals surface area contributed by atoms with E-state index in [1.165, 1.54) is 5.01 Å². The Kier molecular flexibility index (Phi) is 1.67. The van der Waals surface area contributed by atoms with E-state index in [1.54, 1.807) is 7.05 Å². The molecule has 0 bridgehead atoms. The summed E-state index contributed by atoms with van der Waals surface area (Å²) in [5.41, 5.74) is 0. The van der Waals surface area contributed by atoms with Crippen LogP contribution in [0.2, 0.25) is 0 Å². The molecule has 0 saturated carbocycles. The largest absolute Gasteiger partial charge is 0.327 e. The van der Waals surface area contributed by atoms with E-state index in [0.29, 0.717) is 11.0 Å². The van der Waals surface area contributed by atoms with Crippen molar-refractivity contribution in [3.63, 3.8) is 0 Å². The first-order valence-electron chi connectivity index (χ1n) is 2.62. The Morgan fingerprint density at radius 1 is 1.56 bits per heavy atom. The number of rotatable bonds is 0. The Morgan fingerprint density at radius 2 is 2.11 bits per heavy atom. The molecule has 54 valence electrons. The van der Waals surface area contributed by atoms with Crippen molar-refractivity contribution < 1.29 is 8.78 Å². The molecule has 1 saturated heterocycles. The van der Waals surface area contributed by atoms with E-state index in [9.17, 15) is 8.78 Å². The van der Waals surface area contributed by atoms with Gasteiger partial charge < -0.3 is 0 Å². The summed E-state index contributed by atoms with van der Waals surface area (Å²) in [4.78, 5) is 0. The molecule has 0 spiro atoms. The van der Waals surface area contributed by atoms with Gasteiger partial charge in [0.2, 0.25) is 0 Å². The SMILES string of the molecule is CN1CCC(F)(F)N1S. The smallest absolute Gasteiger partial charge is 0.230 e. The number of nitrogens with zero attached hydrogens (tertiary/aromatic N) is 2. The molecule has 0 N–H and O–H groups in total. The van der Waals surface area contributed by atoms with E-state index in [1.807, 2.05) is 0 Å². The number of hydrogen-bond acceptors (Lipinski definition) is 3. The first-order valence-corrected chi connectivity index (χ1v) is 3.02. The van der Waals surface area contributed by atoms with Crippen molar-refractivity contribution in [2.24, 2.45) is 0 Å². The van der Waals surface area contributed by atoms with Gasteiger partial charge in [-0.25, -0.2) is 5.01 Å². The molecule has 1 fully saturated rings.